The van der Waals surface area contributed by atoms with Crippen LogP contribution in [0.25, 0.3) is 11.3 Å². The molecule has 1 fully saturated rings. The summed E-state index contributed by atoms with van der Waals surface area (Å²) in [6, 6.07) is 12.7. The van der Waals surface area contributed by atoms with Gasteiger partial charge in [-0.25, -0.2) is 9.97 Å². The van der Waals surface area contributed by atoms with Crippen LogP contribution in [-0.4, -0.2) is 48.1 Å². The zero-order valence-corrected chi connectivity index (χ0v) is 17.6. The van der Waals surface area contributed by atoms with Crippen molar-refractivity contribution < 1.29 is 14.3 Å². The molecule has 0 bridgehead atoms. The number of nitrogens with one attached hydrogen (secondary N) is 1. The van der Waals surface area contributed by atoms with Crippen molar-refractivity contribution >= 4 is 23.2 Å². The van der Waals surface area contributed by atoms with Crippen LogP contribution in [0.3, 0.4) is 0 Å². The van der Waals surface area contributed by atoms with Crippen molar-refractivity contribution in [1.29, 1.82) is 0 Å². The molecule has 8 heteroatoms. The summed E-state index contributed by atoms with van der Waals surface area (Å²) in [5.41, 5.74) is 9.36. The molecule has 0 atom stereocenters. The fourth-order valence-electron chi connectivity index (χ4n) is 3.62. The smallest absolute Gasteiger partial charge is 0.254 e. The molecular weight excluding hydrogens is 394 g/mol. The fourth-order valence-corrected chi connectivity index (χ4v) is 3.62. The molecule has 3 N–H and O–H groups in total. The number of carbonyl (C=O) groups is 1. The van der Waals surface area contributed by atoms with Crippen LogP contribution in [0.15, 0.2) is 48.7 Å². The first-order valence-corrected chi connectivity index (χ1v) is 10.1. The number of methoxy groups -OCH3 is 2. The molecule has 160 valence electrons. The molecule has 1 amide bonds. The number of benzene rings is 2. The highest BCUT2D eigenvalue weighted by Gasteiger charge is 2.20. The van der Waals surface area contributed by atoms with E-state index >= 15 is 0 Å². The third-order valence-corrected chi connectivity index (χ3v) is 5.22. The first-order valence-electron chi connectivity index (χ1n) is 10.1. The summed E-state index contributed by atoms with van der Waals surface area (Å²) in [6.07, 6.45) is 3.75. The highest BCUT2D eigenvalue weighted by molar-refractivity contribution is 5.96. The number of ether oxygens (including phenoxy) is 2. The summed E-state index contributed by atoms with van der Waals surface area (Å²) >= 11 is 0. The Morgan fingerprint density at radius 3 is 2.58 bits per heavy atom. The van der Waals surface area contributed by atoms with Gasteiger partial charge in [0.25, 0.3) is 5.91 Å². The monoisotopic (exact) mass is 419 g/mol. The number of nitrogens with zero attached hydrogens (tertiary/aromatic N) is 3. The minimum absolute atomic E-state index is 0.00262. The number of nitrogens with two attached hydrogens (primary N) is 1. The Morgan fingerprint density at radius 2 is 1.87 bits per heavy atom. The lowest BCUT2D eigenvalue weighted by molar-refractivity contribution is 0.0792. The number of anilines is 3. The van der Waals surface area contributed by atoms with Gasteiger partial charge in [0.2, 0.25) is 5.95 Å². The van der Waals surface area contributed by atoms with Crippen LogP contribution in [-0.2, 0) is 0 Å². The van der Waals surface area contributed by atoms with Gasteiger partial charge in [0, 0.05) is 42.2 Å². The lowest BCUT2D eigenvalue weighted by Gasteiger charge is -2.17. The van der Waals surface area contributed by atoms with Crippen LogP contribution >= 0.6 is 0 Å². The quantitative estimate of drug-likeness (QED) is 0.587. The van der Waals surface area contributed by atoms with Gasteiger partial charge in [-0.15, -0.1) is 0 Å². The van der Waals surface area contributed by atoms with Crippen LogP contribution in [0.4, 0.5) is 17.3 Å². The van der Waals surface area contributed by atoms with Crippen molar-refractivity contribution in [2.75, 3.05) is 38.4 Å². The van der Waals surface area contributed by atoms with Crippen molar-refractivity contribution in [2.24, 2.45) is 0 Å². The second kappa shape index (κ2) is 8.91. The van der Waals surface area contributed by atoms with Gasteiger partial charge in [-0.1, -0.05) is 0 Å². The maximum atomic E-state index is 12.8. The molecule has 8 nitrogen and oxygen atoms in total. The van der Waals surface area contributed by atoms with E-state index in [1.807, 2.05) is 23.1 Å². The predicted molar refractivity (Wildman–Crippen MR) is 120 cm³/mol. The zero-order valence-electron chi connectivity index (χ0n) is 17.6. The lowest BCUT2D eigenvalue weighted by atomic mass is 10.1. The van der Waals surface area contributed by atoms with Gasteiger partial charge in [0.1, 0.15) is 11.5 Å². The van der Waals surface area contributed by atoms with Crippen LogP contribution in [0, 0.1) is 0 Å². The van der Waals surface area contributed by atoms with E-state index in [9.17, 15) is 4.79 Å². The molecule has 0 spiro atoms. The molecule has 31 heavy (non-hydrogen) atoms. The molecule has 2 aromatic carbocycles. The van der Waals surface area contributed by atoms with Crippen LogP contribution in [0.1, 0.15) is 23.2 Å². The van der Waals surface area contributed by atoms with E-state index in [0.29, 0.717) is 40.1 Å². The number of carbonyl (C=O) groups excluding carboxylic acids is 1. The predicted octanol–water partition coefficient (Wildman–Crippen LogP) is 3.72. The normalized spacial score (nSPS) is 13.2. The average Bonchev–Trinajstić information content (AvgIpc) is 3.33. The molecule has 0 unspecified atom stereocenters. The molecule has 0 radical (unpaired) electrons. The van der Waals surface area contributed by atoms with Crippen molar-refractivity contribution in [1.82, 2.24) is 14.9 Å². The third kappa shape index (κ3) is 4.53. The van der Waals surface area contributed by atoms with E-state index in [1.54, 1.807) is 44.7 Å². The number of hydrogen-bond donors (Lipinski definition) is 2. The van der Waals surface area contributed by atoms with E-state index < -0.39 is 0 Å². The van der Waals surface area contributed by atoms with Crippen molar-refractivity contribution in [2.45, 2.75) is 12.8 Å². The molecule has 1 aliphatic rings. The molecule has 1 aromatic heterocycles. The Bertz CT molecular complexity index is 1100. The fraction of sp³-hybridized carbons (Fsp3) is 0.261. The van der Waals surface area contributed by atoms with Gasteiger partial charge in [0.05, 0.1) is 25.6 Å². The van der Waals surface area contributed by atoms with Crippen LogP contribution < -0.4 is 20.5 Å². The van der Waals surface area contributed by atoms with Crippen molar-refractivity contribution in [3.63, 3.8) is 0 Å². The molecule has 3 aromatic rings. The minimum Gasteiger partial charge on any atom is -0.497 e. The topological polar surface area (TPSA) is 103 Å². The second-order valence-corrected chi connectivity index (χ2v) is 7.30. The Balaban J connectivity index is 1.60. The number of rotatable bonds is 6. The first-order chi connectivity index (χ1) is 15.1. The number of likely N-dealkylation sites (tertiary alicyclic amines) is 1. The van der Waals surface area contributed by atoms with E-state index in [0.717, 1.165) is 31.5 Å². The standard InChI is InChI=1S/C23H25N5O3/c1-30-18-12-16(22(29)28-9-3-4-10-28)11-17(14-18)26-23-25-8-7-20(27-23)15-5-6-21(31-2)19(24)13-15/h5-8,11-14H,3-4,9-10,24H2,1-2H3,(H,25,26,27). The van der Waals surface area contributed by atoms with Crippen LogP contribution in [0.5, 0.6) is 11.5 Å². The van der Waals surface area contributed by atoms with E-state index in [1.165, 1.54) is 0 Å². The van der Waals surface area contributed by atoms with Gasteiger partial charge < -0.3 is 25.4 Å². The number of amides is 1. The van der Waals surface area contributed by atoms with Gasteiger partial charge in [-0.2, -0.15) is 0 Å². The molecule has 2 heterocycles. The summed E-state index contributed by atoms with van der Waals surface area (Å²) in [7, 11) is 3.16. The van der Waals surface area contributed by atoms with Crippen molar-refractivity contribution in [3.05, 3.63) is 54.2 Å². The largest absolute Gasteiger partial charge is 0.497 e. The zero-order chi connectivity index (χ0) is 21.8. The molecule has 0 saturated carbocycles. The lowest BCUT2D eigenvalue weighted by Crippen LogP contribution is -2.27. The van der Waals surface area contributed by atoms with Crippen LogP contribution in [0.2, 0.25) is 0 Å². The summed E-state index contributed by atoms with van der Waals surface area (Å²) in [4.78, 5) is 23.6. The number of aromatic nitrogens is 2. The Morgan fingerprint density at radius 1 is 1.06 bits per heavy atom. The summed E-state index contributed by atoms with van der Waals surface area (Å²) in [6.45, 7) is 1.57. The van der Waals surface area contributed by atoms with E-state index in [2.05, 4.69) is 15.3 Å². The highest BCUT2D eigenvalue weighted by atomic mass is 16.5. The molecule has 1 saturated heterocycles. The summed E-state index contributed by atoms with van der Waals surface area (Å²) in [5.74, 6) is 1.61. The highest BCUT2D eigenvalue weighted by Crippen LogP contribution is 2.29. The summed E-state index contributed by atoms with van der Waals surface area (Å²) < 4.78 is 10.6. The third-order valence-electron chi connectivity index (χ3n) is 5.22. The SMILES string of the molecule is COc1cc(Nc2nccc(-c3ccc(OC)c(N)c3)n2)cc(C(=O)N2CCCC2)c1. The molecular formula is C23H25N5O3. The summed E-state index contributed by atoms with van der Waals surface area (Å²) in [5, 5.41) is 3.18. The molecule has 0 aliphatic carbocycles. The molecule has 1 aliphatic heterocycles. The van der Waals surface area contributed by atoms with Crippen molar-refractivity contribution in [3.8, 4) is 22.8 Å². The van der Waals surface area contributed by atoms with Gasteiger partial charge in [-0.3, -0.25) is 4.79 Å². The van der Waals surface area contributed by atoms with Gasteiger partial charge in [0.15, 0.2) is 0 Å². The average molecular weight is 419 g/mol. The van der Waals surface area contributed by atoms with Gasteiger partial charge >= 0.3 is 0 Å². The van der Waals surface area contributed by atoms with E-state index in [-0.39, 0.29) is 5.91 Å². The molecule has 4 rings (SSSR count). The Kier molecular flexibility index (Phi) is 5.88. The van der Waals surface area contributed by atoms with E-state index in [4.69, 9.17) is 15.2 Å². The second-order valence-electron chi connectivity index (χ2n) is 7.30. The Labute approximate surface area is 181 Å². The maximum Gasteiger partial charge on any atom is 0.254 e. The number of hydrogen-bond acceptors (Lipinski definition) is 7. The Hall–Kier alpha value is -3.81. The minimum atomic E-state index is 0.00262. The number of nitrogen functional groups attached to an aromatic ring is 1. The van der Waals surface area contributed by atoms with Gasteiger partial charge in [-0.05, 0) is 49.2 Å². The first kappa shape index (κ1) is 20.5. The maximum absolute atomic E-state index is 12.8.